The van der Waals surface area contributed by atoms with Crippen molar-refractivity contribution < 1.29 is 22.6 Å². The van der Waals surface area contributed by atoms with Crippen molar-refractivity contribution in [1.29, 1.82) is 0 Å². The van der Waals surface area contributed by atoms with Gasteiger partial charge in [-0.3, -0.25) is 0 Å². The second kappa shape index (κ2) is 9.53. The Balaban J connectivity index is 2.12. The molecule has 0 unspecified atom stereocenters. The normalized spacial score (nSPS) is 12.3. The Morgan fingerprint density at radius 1 is 1.03 bits per heavy atom. The zero-order valence-corrected chi connectivity index (χ0v) is 20.9. The second-order valence-corrected chi connectivity index (χ2v) is 10.3. The molecule has 0 fully saturated rings. The summed E-state index contributed by atoms with van der Waals surface area (Å²) in [5.41, 5.74) is 2.13. The van der Waals surface area contributed by atoms with Crippen LogP contribution >= 0.6 is 22.9 Å². The van der Waals surface area contributed by atoms with Crippen molar-refractivity contribution >= 4 is 38.6 Å². The van der Waals surface area contributed by atoms with Gasteiger partial charge in [0.2, 0.25) is 15.8 Å². The Labute approximate surface area is 196 Å². The lowest BCUT2D eigenvalue weighted by molar-refractivity contribution is 0.324. The highest BCUT2D eigenvalue weighted by Gasteiger charge is 2.22. The molecule has 0 N–H and O–H groups in total. The van der Waals surface area contributed by atoms with E-state index >= 15 is 0 Å². The highest BCUT2D eigenvalue weighted by atomic mass is 35.5. The monoisotopic (exact) mass is 497 g/mol. The number of hydrogen-bond donors (Lipinski definition) is 0. The average molecular weight is 498 g/mol. The molecule has 0 aliphatic rings. The van der Waals surface area contributed by atoms with E-state index in [-0.39, 0.29) is 9.92 Å². The Hall–Kier alpha value is -2.53. The molecule has 0 saturated carbocycles. The van der Waals surface area contributed by atoms with Crippen molar-refractivity contribution in [3.8, 4) is 28.5 Å². The fourth-order valence-electron chi connectivity index (χ4n) is 3.03. The zero-order chi connectivity index (χ0) is 23.6. The number of aromatic nitrogens is 1. The molecule has 0 aliphatic carbocycles. The Bertz CT molecular complexity index is 1290. The van der Waals surface area contributed by atoms with E-state index in [1.807, 2.05) is 17.0 Å². The van der Waals surface area contributed by atoms with Crippen LogP contribution < -0.4 is 19.0 Å². The van der Waals surface area contributed by atoms with E-state index in [0.717, 1.165) is 10.00 Å². The van der Waals surface area contributed by atoms with Crippen LogP contribution in [0.25, 0.3) is 11.3 Å². The lowest BCUT2D eigenvalue weighted by Gasteiger charge is -2.14. The van der Waals surface area contributed by atoms with Crippen LogP contribution in [0.3, 0.4) is 0 Å². The number of ether oxygens (including phenoxy) is 3. The van der Waals surface area contributed by atoms with Gasteiger partial charge in [-0.1, -0.05) is 17.7 Å². The molecule has 2 aromatic carbocycles. The highest BCUT2D eigenvalue weighted by Crippen LogP contribution is 2.40. The standard InChI is InChI=1S/C21H24ClN3O5S2/c1-24(2)32(26,27)19-9-13(7-8-15(19)22)16-12-31-21(25(16)3)23-14-10-17(28-4)20(30-6)18(11-14)29-5/h7-12H,1-6H3. The molecule has 0 saturated heterocycles. The van der Waals surface area contributed by atoms with Gasteiger partial charge in [0.25, 0.3) is 0 Å². The molecular weight excluding hydrogens is 474 g/mol. The number of halogens is 1. The molecule has 0 atom stereocenters. The van der Waals surface area contributed by atoms with Crippen molar-refractivity contribution in [2.45, 2.75) is 4.90 Å². The van der Waals surface area contributed by atoms with Crippen LogP contribution in [-0.4, -0.2) is 52.7 Å². The third-order valence-corrected chi connectivity index (χ3v) is 8.00. The third kappa shape index (κ3) is 4.49. The molecule has 0 aliphatic heterocycles. The van der Waals surface area contributed by atoms with Crippen LogP contribution in [0.2, 0.25) is 5.02 Å². The lowest BCUT2D eigenvalue weighted by Crippen LogP contribution is -2.22. The SMILES string of the molecule is COc1cc(N=c2scc(-c3ccc(Cl)c(S(=O)(=O)N(C)C)c3)n2C)cc(OC)c1OC. The van der Waals surface area contributed by atoms with Gasteiger partial charge in [0, 0.05) is 44.2 Å². The summed E-state index contributed by atoms with van der Waals surface area (Å²) in [4.78, 5) is 5.46. The van der Waals surface area contributed by atoms with Crippen molar-refractivity contribution in [2.75, 3.05) is 35.4 Å². The predicted molar refractivity (Wildman–Crippen MR) is 126 cm³/mol. The van der Waals surface area contributed by atoms with Gasteiger partial charge in [0.1, 0.15) is 4.90 Å². The zero-order valence-electron chi connectivity index (χ0n) is 18.5. The first-order chi connectivity index (χ1) is 15.1. The van der Waals surface area contributed by atoms with Crippen molar-refractivity contribution in [3.63, 3.8) is 0 Å². The molecule has 1 heterocycles. The van der Waals surface area contributed by atoms with Gasteiger partial charge in [0.15, 0.2) is 16.3 Å². The van der Waals surface area contributed by atoms with E-state index in [1.54, 1.807) is 51.7 Å². The van der Waals surface area contributed by atoms with Crippen molar-refractivity contribution in [3.05, 3.63) is 45.5 Å². The summed E-state index contributed by atoms with van der Waals surface area (Å²) in [5, 5.41) is 2.08. The molecule has 3 aromatic rings. The Kier molecular flexibility index (Phi) is 7.19. The van der Waals surface area contributed by atoms with Crippen molar-refractivity contribution in [2.24, 2.45) is 12.0 Å². The third-order valence-electron chi connectivity index (χ3n) is 4.78. The molecule has 8 nitrogen and oxygen atoms in total. The maximum atomic E-state index is 12.6. The molecule has 0 amide bonds. The smallest absolute Gasteiger partial charge is 0.244 e. The van der Waals surface area contributed by atoms with Gasteiger partial charge in [-0.15, -0.1) is 11.3 Å². The summed E-state index contributed by atoms with van der Waals surface area (Å²) in [6, 6.07) is 8.45. The minimum Gasteiger partial charge on any atom is -0.493 e. The quantitative estimate of drug-likeness (QED) is 0.494. The lowest BCUT2D eigenvalue weighted by atomic mass is 10.2. The van der Waals surface area contributed by atoms with Gasteiger partial charge in [0.05, 0.1) is 37.7 Å². The van der Waals surface area contributed by atoms with E-state index in [2.05, 4.69) is 0 Å². The highest BCUT2D eigenvalue weighted by molar-refractivity contribution is 7.89. The van der Waals surface area contributed by atoms with Crippen molar-refractivity contribution in [1.82, 2.24) is 8.87 Å². The summed E-state index contributed by atoms with van der Waals surface area (Å²) >= 11 is 7.60. The second-order valence-electron chi connectivity index (χ2n) is 6.89. The average Bonchev–Trinajstić information content (AvgIpc) is 3.13. The fourth-order valence-corrected chi connectivity index (χ4v) is 5.35. The minimum atomic E-state index is -3.68. The van der Waals surface area contributed by atoms with Crippen LogP contribution in [0.1, 0.15) is 0 Å². The van der Waals surface area contributed by atoms with Gasteiger partial charge in [-0.2, -0.15) is 0 Å². The molecule has 0 bridgehead atoms. The number of methoxy groups -OCH3 is 3. The van der Waals surface area contributed by atoms with Crippen LogP contribution in [-0.2, 0) is 17.1 Å². The molecule has 32 heavy (non-hydrogen) atoms. The van der Waals surface area contributed by atoms with Gasteiger partial charge in [-0.25, -0.2) is 17.7 Å². The number of sulfonamides is 1. The van der Waals surface area contributed by atoms with Crippen LogP contribution in [0.4, 0.5) is 5.69 Å². The summed E-state index contributed by atoms with van der Waals surface area (Å²) in [6.07, 6.45) is 0. The summed E-state index contributed by atoms with van der Waals surface area (Å²) in [5.74, 6) is 1.49. The first-order valence-corrected chi connectivity index (χ1v) is 12.1. The number of rotatable bonds is 7. The fraction of sp³-hybridized carbons (Fsp3) is 0.286. The molecule has 172 valence electrons. The number of thiazole rings is 1. The molecule has 11 heteroatoms. The van der Waals surface area contributed by atoms with E-state index in [4.69, 9.17) is 30.8 Å². The maximum absolute atomic E-state index is 12.6. The van der Waals surface area contributed by atoms with Crippen LogP contribution in [0.5, 0.6) is 17.2 Å². The van der Waals surface area contributed by atoms with Gasteiger partial charge < -0.3 is 18.8 Å². The van der Waals surface area contributed by atoms with Crippen LogP contribution in [0.15, 0.2) is 45.6 Å². The molecular formula is C21H24ClN3O5S2. The first-order valence-electron chi connectivity index (χ1n) is 9.35. The van der Waals surface area contributed by atoms with E-state index < -0.39 is 10.0 Å². The molecule has 0 radical (unpaired) electrons. The summed E-state index contributed by atoms with van der Waals surface area (Å²) in [7, 11) is 5.75. The number of benzene rings is 2. The Morgan fingerprint density at radius 3 is 2.19 bits per heavy atom. The summed E-state index contributed by atoms with van der Waals surface area (Å²) < 4.78 is 44.4. The minimum absolute atomic E-state index is 0.0518. The van der Waals surface area contributed by atoms with E-state index in [1.165, 1.54) is 25.4 Å². The topological polar surface area (TPSA) is 82.4 Å². The summed E-state index contributed by atoms with van der Waals surface area (Å²) in [6.45, 7) is 0. The molecule has 0 spiro atoms. The molecule has 3 rings (SSSR count). The number of hydrogen-bond acceptors (Lipinski definition) is 7. The van der Waals surface area contributed by atoms with Crippen LogP contribution in [0, 0.1) is 0 Å². The van der Waals surface area contributed by atoms with Gasteiger partial charge in [-0.05, 0) is 12.1 Å². The Morgan fingerprint density at radius 2 is 1.66 bits per heavy atom. The largest absolute Gasteiger partial charge is 0.493 e. The molecule has 1 aromatic heterocycles. The predicted octanol–water partition coefficient (Wildman–Crippen LogP) is 3.92. The number of nitrogens with zero attached hydrogens (tertiary/aromatic N) is 3. The van der Waals surface area contributed by atoms with E-state index in [9.17, 15) is 8.42 Å². The van der Waals surface area contributed by atoms with E-state index in [0.29, 0.717) is 33.3 Å². The first kappa shape index (κ1) is 24.1. The van der Waals surface area contributed by atoms with Gasteiger partial charge >= 0.3 is 0 Å². The maximum Gasteiger partial charge on any atom is 0.244 e.